The van der Waals surface area contributed by atoms with Crippen molar-refractivity contribution in [2.24, 2.45) is 0 Å². The van der Waals surface area contributed by atoms with Crippen molar-refractivity contribution in [1.29, 1.82) is 0 Å². The molecule has 0 radical (unpaired) electrons. The first kappa shape index (κ1) is 35.5. The van der Waals surface area contributed by atoms with Crippen molar-refractivity contribution in [3.8, 4) is 17.1 Å². The van der Waals surface area contributed by atoms with Crippen LogP contribution in [-0.2, 0) is 34.3 Å². The lowest BCUT2D eigenvalue weighted by Gasteiger charge is -2.36. The van der Waals surface area contributed by atoms with Gasteiger partial charge in [0.2, 0.25) is 11.7 Å². The molecule has 1 unspecified atom stereocenters. The lowest BCUT2D eigenvalue weighted by atomic mass is 9.94. The third-order valence-corrected chi connectivity index (χ3v) is 10.6. The summed E-state index contributed by atoms with van der Waals surface area (Å²) in [5, 5.41) is 17.4. The lowest BCUT2D eigenvalue weighted by Crippen LogP contribution is -2.51. The SMILES string of the molecule is Cc1ncnc(C(=O)N2CCN(c3c4n(c5nc(-c6ccc7c(c6)COC7(C)C)nn5c3=O)C(C(=O)Nc3ccc(C(F)(F)F)cc3Cl)CC4)CC2)c1O. The monoisotopic (exact) mass is 763 g/mol. The van der Waals surface area contributed by atoms with Gasteiger partial charge in [-0.1, -0.05) is 23.7 Å². The van der Waals surface area contributed by atoms with Crippen LogP contribution in [0.4, 0.5) is 24.5 Å². The number of halogens is 4. The number of fused-ring (bicyclic) bond motifs is 4. The van der Waals surface area contributed by atoms with E-state index in [2.05, 4.69) is 20.4 Å². The number of hydrogen-bond acceptors (Lipinski definition) is 10. The van der Waals surface area contributed by atoms with Gasteiger partial charge >= 0.3 is 6.18 Å². The summed E-state index contributed by atoms with van der Waals surface area (Å²) in [4.78, 5) is 57.7. The highest BCUT2D eigenvalue weighted by atomic mass is 35.5. The van der Waals surface area contributed by atoms with E-state index in [0.717, 1.165) is 33.8 Å². The van der Waals surface area contributed by atoms with Gasteiger partial charge in [-0.15, -0.1) is 5.10 Å². The van der Waals surface area contributed by atoms with Crippen LogP contribution in [0.2, 0.25) is 5.02 Å². The standard InChI is InChI=1S/C36H33ClF3N9O5/c1-18-29(50)27(42-17-41-18)32(52)47-12-10-46(11-13-47)28-25-8-9-26(31(51)43-24-7-5-21(15-23(24)37)36(38,39)40)48(25)34-44-30(45-49(34)33(28)53)19-4-6-22-20(14-19)16-54-35(22,2)3/h4-7,14-15,17,26,50H,8-13,16H2,1-3H3,(H,43,51). The van der Waals surface area contributed by atoms with Crippen LogP contribution in [0, 0.1) is 6.92 Å². The Labute approximate surface area is 310 Å². The molecule has 8 rings (SSSR count). The molecule has 18 heteroatoms. The fourth-order valence-corrected chi connectivity index (χ4v) is 7.63. The molecule has 280 valence electrons. The maximum atomic E-state index is 14.4. The van der Waals surface area contributed by atoms with Crippen molar-refractivity contribution >= 4 is 40.6 Å². The van der Waals surface area contributed by atoms with E-state index in [1.165, 1.54) is 11.2 Å². The van der Waals surface area contributed by atoms with E-state index in [-0.39, 0.29) is 72.0 Å². The van der Waals surface area contributed by atoms with Gasteiger partial charge in [0.25, 0.3) is 11.5 Å². The van der Waals surface area contributed by atoms with Crippen LogP contribution in [0.5, 0.6) is 5.75 Å². The van der Waals surface area contributed by atoms with Crippen LogP contribution in [0.3, 0.4) is 0 Å². The molecule has 3 aliphatic rings. The highest BCUT2D eigenvalue weighted by Gasteiger charge is 2.38. The number of aryl methyl sites for hydroxylation is 1. The molecule has 54 heavy (non-hydrogen) atoms. The minimum Gasteiger partial charge on any atom is -0.504 e. The number of benzene rings is 2. The van der Waals surface area contributed by atoms with Crippen molar-refractivity contribution in [3.63, 3.8) is 0 Å². The summed E-state index contributed by atoms with van der Waals surface area (Å²) in [6, 6.07) is 7.46. The maximum Gasteiger partial charge on any atom is 0.416 e. The van der Waals surface area contributed by atoms with Crippen LogP contribution >= 0.6 is 11.6 Å². The molecule has 3 aliphatic heterocycles. The third-order valence-electron chi connectivity index (χ3n) is 10.3. The number of piperazine rings is 1. The molecule has 14 nitrogen and oxygen atoms in total. The average molecular weight is 764 g/mol. The molecule has 1 atom stereocenters. The molecular weight excluding hydrogens is 731 g/mol. The summed E-state index contributed by atoms with van der Waals surface area (Å²) < 4.78 is 48.7. The minimum absolute atomic E-state index is 0.00319. The topological polar surface area (TPSA) is 160 Å². The Morgan fingerprint density at radius 2 is 1.83 bits per heavy atom. The maximum absolute atomic E-state index is 14.4. The largest absolute Gasteiger partial charge is 0.504 e. The molecule has 3 aromatic heterocycles. The van der Waals surface area contributed by atoms with E-state index in [0.29, 0.717) is 30.0 Å². The molecule has 1 fully saturated rings. The van der Waals surface area contributed by atoms with E-state index in [4.69, 9.17) is 21.3 Å². The van der Waals surface area contributed by atoms with Crippen LogP contribution in [0.15, 0.2) is 47.5 Å². The van der Waals surface area contributed by atoms with Crippen LogP contribution in [0.25, 0.3) is 17.2 Å². The number of nitrogens with zero attached hydrogens (tertiary/aromatic N) is 8. The predicted molar refractivity (Wildman–Crippen MR) is 189 cm³/mol. The van der Waals surface area contributed by atoms with Crippen molar-refractivity contribution in [2.45, 2.75) is 58.0 Å². The van der Waals surface area contributed by atoms with Gasteiger partial charge in [-0.3, -0.25) is 19.0 Å². The van der Waals surface area contributed by atoms with Crippen LogP contribution < -0.4 is 15.8 Å². The summed E-state index contributed by atoms with van der Waals surface area (Å²) >= 11 is 6.19. The molecule has 1 saturated heterocycles. The van der Waals surface area contributed by atoms with E-state index < -0.39 is 40.8 Å². The summed E-state index contributed by atoms with van der Waals surface area (Å²) in [7, 11) is 0. The summed E-state index contributed by atoms with van der Waals surface area (Å²) in [5.74, 6) is -0.972. The lowest BCUT2D eigenvalue weighted by molar-refractivity contribution is -0.137. The zero-order chi connectivity index (χ0) is 38.3. The van der Waals surface area contributed by atoms with Gasteiger partial charge < -0.3 is 25.0 Å². The molecule has 5 aromatic rings. The van der Waals surface area contributed by atoms with Crippen LogP contribution in [0.1, 0.15) is 64.9 Å². The predicted octanol–water partition coefficient (Wildman–Crippen LogP) is 4.89. The van der Waals surface area contributed by atoms with Gasteiger partial charge in [0.05, 0.1) is 39.9 Å². The van der Waals surface area contributed by atoms with E-state index in [1.54, 1.807) is 11.5 Å². The number of carbonyl (C=O) groups excluding carboxylic acids is 2. The van der Waals surface area contributed by atoms with Gasteiger partial charge in [0.15, 0.2) is 17.3 Å². The number of amides is 2. The Hall–Kier alpha value is -5.55. The van der Waals surface area contributed by atoms with E-state index in [9.17, 15) is 32.7 Å². The van der Waals surface area contributed by atoms with Gasteiger partial charge in [-0.05, 0) is 69.0 Å². The third kappa shape index (κ3) is 5.91. The second kappa shape index (κ2) is 12.8. The Kier molecular flexibility index (Phi) is 8.41. The Morgan fingerprint density at radius 1 is 1.07 bits per heavy atom. The minimum atomic E-state index is -4.62. The van der Waals surface area contributed by atoms with Crippen molar-refractivity contribution in [1.82, 2.24) is 34.0 Å². The number of aromatic hydroxyl groups is 1. The smallest absolute Gasteiger partial charge is 0.416 e. The number of carbonyl (C=O) groups is 2. The number of ether oxygens (including phenoxy) is 1. The Balaban J connectivity index is 1.17. The second-order valence-corrected chi connectivity index (χ2v) is 14.4. The molecule has 0 saturated carbocycles. The first-order chi connectivity index (χ1) is 25.6. The summed E-state index contributed by atoms with van der Waals surface area (Å²) in [6.07, 6.45) is -2.87. The molecule has 6 heterocycles. The second-order valence-electron chi connectivity index (χ2n) is 14.0. The van der Waals surface area contributed by atoms with Crippen LogP contribution in [-0.4, -0.2) is 77.1 Å². The van der Waals surface area contributed by atoms with Crippen molar-refractivity contribution < 1.29 is 32.6 Å². The molecule has 0 bridgehead atoms. The van der Waals surface area contributed by atoms with Gasteiger partial charge in [0.1, 0.15) is 18.1 Å². The van der Waals surface area contributed by atoms with Crippen molar-refractivity contribution in [3.05, 3.63) is 91.9 Å². The Bertz CT molecular complexity index is 2440. The average Bonchev–Trinajstić information content (AvgIpc) is 3.85. The Morgan fingerprint density at radius 3 is 2.56 bits per heavy atom. The number of aromatic nitrogens is 6. The normalized spacial score (nSPS) is 17.9. The number of anilines is 2. The highest BCUT2D eigenvalue weighted by molar-refractivity contribution is 6.33. The quantitative estimate of drug-likeness (QED) is 0.253. The summed E-state index contributed by atoms with van der Waals surface area (Å²) in [6.45, 7) is 6.80. The van der Waals surface area contributed by atoms with Gasteiger partial charge in [0, 0.05) is 31.7 Å². The molecule has 2 aromatic carbocycles. The number of rotatable bonds is 5. The molecule has 0 spiro atoms. The van der Waals surface area contributed by atoms with Gasteiger partial charge in [-0.25, -0.2) is 9.97 Å². The number of alkyl halides is 3. The van der Waals surface area contributed by atoms with Crippen molar-refractivity contribution in [2.75, 3.05) is 36.4 Å². The molecule has 2 N–H and O–H groups in total. The van der Waals surface area contributed by atoms with Gasteiger partial charge in [-0.2, -0.15) is 22.7 Å². The number of hydrogen-bond donors (Lipinski definition) is 2. The first-order valence-corrected chi connectivity index (χ1v) is 17.5. The van der Waals surface area contributed by atoms with E-state index >= 15 is 0 Å². The zero-order valence-corrected chi connectivity index (χ0v) is 30.0. The molecule has 2 amide bonds. The van der Waals surface area contributed by atoms with E-state index in [1.807, 2.05) is 36.9 Å². The molecular formula is C36H33ClF3N9O5. The zero-order valence-electron chi connectivity index (χ0n) is 29.2. The fourth-order valence-electron chi connectivity index (χ4n) is 7.40. The number of nitrogens with one attached hydrogen (secondary N) is 1. The summed E-state index contributed by atoms with van der Waals surface area (Å²) in [5.41, 5.74) is 1.71. The fraction of sp³-hybridized carbons (Fsp3) is 0.361. The molecule has 0 aliphatic carbocycles. The first-order valence-electron chi connectivity index (χ1n) is 17.2. The highest BCUT2D eigenvalue weighted by Crippen LogP contribution is 2.39.